The summed E-state index contributed by atoms with van der Waals surface area (Å²) in [4.78, 5) is 37.6. The van der Waals surface area contributed by atoms with E-state index in [0.717, 1.165) is 38.4 Å². The minimum absolute atomic E-state index is 0.0232. The number of aliphatic hydroxyl groups excluding tert-OH is 1. The third-order valence-corrected chi connectivity index (χ3v) is 9.59. The van der Waals surface area contributed by atoms with Crippen molar-refractivity contribution in [2.45, 2.75) is 62.9 Å². The maximum atomic E-state index is 12.8. The molecule has 0 radical (unpaired) electrons. The summed E-state index contributed by atoms with van der Waals surface area (Å²) in [5.41, 5.74) is 5.18. The third kappa shape index (κ3) is 10.2. The molecule has 10 nitrogen and oxygen atoms in total. The fourth-order valence-electron chi connectivity index (χ4n) is 5.70. The lowest BCUT2D eigenvalue weighted by atomic mass is 9.91. The molecule has 0 saturated carbocycles. The molecule has 1 saturated heterocycles. The highest BCUT2D eigenvalue weighted by atomic mass is 32.2. The van der Waals surface area contributed by atoms with Crippen molar-refractivity contribution in [2.75, 3.05) is 18.2 Å². The molecule has 1 aliphatic heterocycles. The van der Waals surface area contributed by atoms with Crippen LogP contribution in [-0.2, 0) is 43.4 Å². The number of hydrogen-bond donors (Lipinski definition) is 4. The molecule has 5 atom stereocenters. The van der Waals surface area contributed by atoms with Gasteiger partial charge in [-0.15, -0.1) is 11.8 Å². The van der Waals surface area contributed by atoms with Crippen LogP contribution in [0.3, 0.4) is 0 Å². The molecule has 0 spiro atoms. The Hall–Kier alpha value is -4.68. The summed E-state index contributed by atoms with van der Waals surface area (Å²) in [6.45, 7) is 3.82. The second-order valence-electron chi connectivity index (χ2n) is 12.2. The number of rotatable bonds is 13. The van der Waals surface area contributed by atoms with E-state index in [0.29, 0.717) is 12.2 Å². The van der Waals surface area contributed by atoms with Gasteiger partial charge in [-0.1, -0.05) is 85.8 Å². The van der Waals surface area contributed by atoms with Gasteiger partial charge >= 0.3 is 12.0 Å². The Bertz CT molecular complexity index is 1700. The van der Waals surface area contributed by atoms with E-state index in [1.807, 2.05) is 103 Å². The highest BCUT2D eigenvalue weighted by Crippen LogP contribution is 2.43. The molecule has 1 heterocycles. The lowest BCUT2D eigenvalue weighted by molar-refractivity contribution is -0.268. The van der Waals surface area contributed by atoms with E-state index in [2.05, 4.69) is 22.9 Å². The summed E-state index contributed by atoms with van der Waals surface area (Å²) in [7, 11) is 1.30. The van der Waals surface area contributed by atoms with Gasteiger partial charge in [-0.25, -0.2) is 9.59 Å². The Morgan fingerprint density at radius 3 is 2.14 bits per heavy atom. The fraction of sp³-hybridized carbons (Fsp3) is 0.308. The molecule has 4 aromatic rings. The SMILES string of the molecule is COC(=O)[C@H](Cc1ccccc1)NC(=O)NCc1ccc([C@H]2O[C@@H](CSc3ccc(NC(C)=O)cc3)[C@@H](C)[C@@H](c3ccc(CO)cc3)O2)cc1. The zero-order valence-corrected chi connectivity index (χ0v) is 29.2. The van der Waals surface area contributed by atoms with E-state index in [-0.39, 0.29) is 37.2 Å². The monoisotopic (exact) mass is 697 g/mol. The van der Waals surface area contributed by atoms with Crippen LogP contribution < -0.4 is 16.0 Å². The number of hydrogen-bond acceptors (Lipinski definition) is 8. The number of urea groups is 1. The summed E-state index contributed by atoms with van der Waals surface area (Å²) >= 11 is 1.68. The van der Waals surface area contributed by atoms with Gasteiger partial charge in [0.05, 0.1) is 25.9 Å². The van der Waals surface area contributed by atoms with Crippen molar-refractivity contribution in [1.82, 2.24) is 10.6 Å². The van der Waals surface area contributed by atoms with E-state index in [1.54, 1.807) is 11.8 Å². The van der Waals surface area contributed by atoms with Gasteiger partial charge in [-0.05, 0) is 46.5 Å². The average Bonchev–Trinajstić information content (AvgIpc) is 3.14. The Balaban J connectivity index is 1.24. The van der Waals surface area contributed by atoms with Crippen LogP contribution in [0.2, 0.25) is 0 Å². The second kappa shape index (κ2) is 17.8. The molecule has 4 N–H and O–H groups in total. The molecule has 1 aliphatic rings. The van der Waals surface area contributed by atoms with Gasteiger partial charge in [-0.3, -0.25) is 4.79 Å². The minimum atomic E-state index is -0.824. The Morgan fingerprint density at radius 2 is 1.50 bits per heavy atom. The predicted octanol–water partition coefficient (Wildman–Crippen LogP) is 6.30. The lowest BCUT2D eigenvalue weighted by Gasteiger charge is -2.41. The number of aliphatic hydroxyl groups is 1. The van der Waals surface area contributed by atoms with Crippen LogP contribution in [-0.4, -0.2) is 48.0 Å². The van der Waals surface area contributed by atoms with Gasteiger partial charge in [0.15, 0.2) is 6.29 Å². The van der Waals surface area contributed by atoms with Gasteiger partial charge in [0.1, 0.15) is 6.04 Å². The number of carbonyl (C=O) groups is 3. The highest BCUT2D eigenvalue weighted by molar-refractivity contribution is 7.99. The van der Waals surface area contributed by atoms with Crippen LogP contribution in [0.25, 0.3) is 0 Å². The number of anilines is 1. The van der Waals surface area contributed by atoms with Crippen molar-refractivity contribution >= 4 is 35.4 Å². The first kappa shape index (κ1) is 36.6. The molecule has 1 fully saturated rings. The van der Waals surface area contributed by atoms with Crippen LogP contribution in [0.4, 0.5) is 10.5 Å². The summed E-state index contributed by atoms with van der Waals surface area (Å²) < 4.78 is 18.1. The molecular formula is C39H43N3O7S. The molecule has 0 unspecified atom stereocenters. The number of thioether (sulfide) groups is 1. The molecule has 0 aromatic heterocycles. The Kier molecular flexibility index (Phi) is 13.0. The largest absolute Gasteiger partial charge is 0.467 e. The second-order valence-corrected chi connectivity index (χ2v) is 13.3. The van der Waals surface area contributed by atoms with Crippen molar-refractivity contribution in [3.63, 3.8) is 0 Å². The van der Waals surface area contributed by atoms with Gasteiger partial charge in [0, 0.05) is 47.7 Å². The lowest BCUT2D eigenvalue weighted by Crippen LogP contribution is -2.47. The fourth-order valence-corrected chi connectivity index (χ4v) is 6.76. The number of esters is 1. The molecule has 0 bridgehead atoms. The van der Waals surface area contributed by atoms with Gasteiger partial charge in [0.2, 0.25) is 5.91 Å². The number of amides is 3. The van der Waals surface area contributed by atoms with E-state index in [9.17, 15) is 19.5 Å². The van der Waals surface area contributed by atoms with Gasteiger partial charge in [0.25, 0.3) is 0 Å². The van der Waals surface area contributed by atoms with Crippen molar-refractivity contribution in [3.05, 3.63) is 131 Å². The summed E-state index contributed by atoms with van der Waals surface area (Å²) in [5, 5.41) is 17.9. The zero-order chi connectivity index (χ0) is 35.5. The number of nitrogens with one attached hydrogen (secondary N) is 3. The van der Waals surface area contributed by atoms with E-state index >= 15 is 0 Å². The van der Waals surface area contributed by atoms with Crippen LogP contribution in [0, 0.1) is 5.92 Å². The first-order valence-corrected chi connectivity index (χ1v) is 17.5. The maximum Gasteiger partial charge on any atom is 0.328 e. The first-order valence-electron chi connectivity index (χ1n) is 16.5. The summed E-state index contributed by atoms with van der Waals surface area (Å²) in [6, 6.07) is 31.3. The summed E-state index contributed by atoms with van der Waals surface area (Å²) in [6.07, 6.45) is -0.726. The molecule has 11 heteroatoms. The van der Waals surface area contributed by atoms with Crippen molar-refractivity contribution in [1.29, 1.82) is 0 Å². The van der Waals surface area contributed by atoms with Crippen LogP contribution in [0.15, 0.2) is 108 Å². The zero-order valence-electron chi connectivity index (χ0n) is 28.3. The number of benzene rings is 4. The van der Waals surface area contributed by atoms with Crippen LogP contribution >= 0.6 is 11.8 Å². The Labute approximate surface area is 296 Å². The maximum absolute atomic E-state index is 12.8. The number of carbonyl (C=O) groups excluding carboxylic acids is 3. The first-order chi connectivity index (χ1) is 24.2. The predicted molar refractivity (Wildman–Crippen MR) is 192 cm³/mol. The van der Waals surface area contributed by atoms with Crippen molar-refractivity contribution in [3.8, 4) is 0 Å². The molecule has 0 aliphatic carbocycles. The smallest absolute Gasteiger partial charge is 0.328 e. The molecule has 4 aromatic carbocycles. The molecule has 5 rings (SSSR count). The van der Waals surface area contributed by atoms with Gasteiger partial charge in [-0.2, -0.15) is 0 Å². The topological polar surface area (TPSA) is 135 Å². The van der Waals surface area contributed by atoms with E-state index in [4.69, 9.17) is 14.2 Å². The number of ether oxygens (including phenoxy) is 3. The quantitative estimate of drug-likeness (QED) is 0.0945. The normalized spacial score (nSPS) is 19.2. The molecule has 3 amide bonds. The van der Waals surface area contributed by atoms with Gasteiger partial charge < -0.3 is 35.3 Å². The summed E-state index contributed by atoms with van der Waals surface area (Å²) in [5.74, 6) is 0.0705. The molecular weight excluding hydrogens is 655 g/mol. The Morgan fingerprint density at radius 1 is 0.840 bits per heavy atom. The standard InChI is InChI=1S/C39H43N3O7S/c1-25-35(24-50-33-19-17-32(18-20-33)41-26(2)44)48-38(49-36(25)30-13-11-29(23-43)12-14-30)31-15-9-28(10-16-31)22-40-39(46)42-34(37(45)47-3)21-27-7-5-4-6-8-27/h4-20,25,34-36,38,43H,21-24H2,1-3H3,(H,41,44)(H2,40,42,46)/t25-,34+,35+,36+,38+/m1/s1. The molecule has 50 heavy (non-hydrogen) atoms. The van der Waals surface area contributed by atoms with E-state index < -0.39 is 24.3 Å². The van der Waals surface area contributed by atoms with E-state index in [1.165, 1.54) is 14.0 Å². The average molecular weight is 698 g/mol. The highest BCUT2D eigenvalue weighted by Gasteiger charge is 2.38. The van der Waals surface area contributed by atoms with Crippen LogP contribution in [0.5, 0.6) is 0 Å². The minimum Gasteiger partial charge on any atom is -0.467 e. The van der Waals surface area contributed by atoms with Crippen molar-refractivity contribution < 1.29 is 33.7 Å². The van der Waals surface area contributed by atoms with Crippen molar-refractivity contribution in [2.24, 2.45) is 5.92 Å². The number of methoxy groups -OCH3 is 1. The molecule has 262 valence electrons. The van der Waals surface area contributed by atoms with Crippen LogP contribution in [0.1, 0.15) is 54.1 Å². The third-order valence-electron chi connectivity index (χ3n) is 8.49.